The number of rotatable bonds is 5. The van der Waals surface area contributed by atoms with E-state index in [2.05, 4.69) is 14.8 Å². The van der Waals surface area contributed by atoms with Gasteiger partial charge in [0.15, 0.2) is 0 Å². The molecular weight excluding hydrogens is 254 g/mol. The molecule has 0 saturated heterocycles. The predicted molar refractivity (Wildman–Crippen MR) is 68.2 cm³/mol. The first kappa shape index (κ1) is 12.4. The molecule has 0 atom stereocenters. The number of aromatic nitrogens is 2. The summed E-state index contributed by atoms with van der Waals surface area (Å²) >= 11 is 1.19. The second kappa shape index (κ2) is 5.52. The molecule has 18 heavy (non-hydrogen) atoms. The van der Waals surface area contributed by atoms with Gasteiger partial charge in [0.1, 0.15) is 5.82 Å². The molecular formula is C10H11N5O2S. The lowest BCUT2D eigenvalue weighted by Gasteiger charge is -1.98. The normalized spacial score (nSPS) is 10.3. The number of nitrogen functional groups attached to an aromatic ring is 1. The Balaban J connectivity index is 2.01. The van der Waals surface area contributed by atoms with Crippen LogP contribution >= 0.6 is 11.5 Å². The number of hydrazine groups is 1. The van der Waals surface area contributed by atoms with Crippen molar-refractivity contribution in [2.75, 3.05) is 5.43 Å². The molecule has 0 fully saturated rings. The van der Waals surface area contributed by atoms with Gasteiger partial charge >= 0.3 is 0 Å². The summed E-state index contributed by atoms with van der Waals surface area (Å²) in [6, 6.07) is 6.56. The van der Waals surface area contributed by atoms with Crippen molar-refractivity contribution in [2.24, 2.45) is 5.84 Å². The molecule has 0 amide bonds. The molecule has 2 aromatic rings. The van der Waals surface area contributed by atoms with Gasteiger partial charge in [-0.25, -0.2) is 10.8 Å². The first-order chi connectivity index (χ1) is 8.69. The smallest absolute Gasteiger partial charge is 0.269 e. The number of hydrogen-bond acceptors (Lipinski definition) is 7. The summed E-state index contributed by atoms with van der Waals surface area (Å²) in [5, 5.41) is 11.2. The third-order valence-corrected chi connectivity index (χ3v) is 3.03. The molecule has 2 rings (SSSR count). The molecule has 94 valence electrons. The van der Waals surface area contributed by atoms with E-state index in [0.717, 1.165) is 5.56 Å². The van der Waals surface area contributed by atoms with Crippen LogP contribution in [0.2, 0.25) is 0 Å². The van der Waals surface area contributed by atoms with Crippen molar-refractivity contribution in [1.82, 2.24) is 9.36 Å². The third-order valence-electron chi connectivity index (χ3n) is 2.35. The molecule has 7 nitrogen and oxygen atoms in total. The van der Waals surface area contributed by atoms with Gasteiger partial charge in [0, 0.05) is 30.1 Å². The molecule has 0 radical (unpaired) electrons. The number of nitro benzene ring substituents is 1. The van der Waals surface area contributed by atoms with Crippen molar-refractivity contribution in [3.05, 3.63) is 45.8 Å². The molecule has 0 saturated carbocycles. The van der Waals surface area contributed by atoms with Crippen LogP contribution in [-0.2, 0) is 12.8 Å². The van der Waals surface area contributed by atoms with Gasteiger partial charge in [-0.15, -0.1) is 0 Å². The zero-order valence-corrected chi connectivity index (χ0v) is 10.2. The van der Waals surface area contributed by atoms with E-state index in [-0.39, 0.29) is 5.69 Å². The minimum Gasteiger partial charge on any atom is -0.299 e. The Hall–Kier alpha value is -2.06. The van der Waals surface area contributed by atoms with E-state index in [1.165, 1.54) is 17.6 Å². The SMILES string of the molecule is NNc1nc(CCc2cccc([N+](=O)[O-])c2)ns1. The van der Waals surface area contributed by atoms with Crippen LogP contribution in [0, 0.1) is 10.1 Å². The fourth-order valence-corrected chi connectivity index (χ4v) is 2.02. The Kier molecular flexibility index (Phi) is 3.80. The molecule has 8 heteroatoms. The lowest BCUT2D eigenvalue weighted by molar-refractivity contribution is -0.384. The van der Waals surface area contributed by atoms with E-state index in [9.17, 15) is 10.1 Å². The van der Waals surface area contributed by atoms with Gasteiger partial charge in [-0.2, -0.15) is 4.37 Å². The number of nitrogens with two attached hydrogens (primary N) is 1. The molecule has 0 aliphatic carbocycles. The van der Waals surface area contributed by atoms with Crippen LogP contribution in [0.5, 0.6) is 0 Å². The van der Waals surface area contributed by atoms with E-state index in [1.54, 1.807) is 12.1 Å². The fourth-order valence-electron chi connectivity index (χ4n) is 1.50. The summed E-state index contributed by atoms with van der Waals surface area (Å²) < 4.78 is 4.11. The molecule has 1 heterocycles. The number of nitro groups is 1. The molecule has 0 bridgehead atoms. The summed E-state index contributed by atoms with van der Waals surface area (Å²) in [5.74, 6) is 5.89. The average Bonchev–Trinajstić information content (AvgIpc) is 2.84. The molecule has 0 unspecified atom stereocenters. The van der Waals surface area contributed by atoms with Crippen molar-refractivity contribution < 1.29 is 4.92 Å². The first-order valence-corrected chi connectivity index (χ1v) is 5.99. The Morgan fingerprint density at radius 1 is 1.44 bits per heavy atom. The fraction of sp³-hybridized carbons (Fsp3) is 0.200. The number of nitrogens with zero attached hydrogens (tertiary/aromatic N) is 3. The maximum absolute atomic E-state index is 10.6. The highest BCUT2D eigenvalue weighted by Gasteiger charge is 2.07. The maximum atomic E-state index is 10.6. The third kappa shape index (κ3) is 2.99. The van der Waals surface area contributed by atoms with Crippen LogP contribution in [0.3, 0.4) is 0 Å². The van der Waals surface area contributed by atoms with E-state index < -0.39 is 4.92 Å². The van der Waals surface area contributed by atoms with Crippen LogP contribution in [0.25, 0.3) is 0 Å². The number of non-ortho nitro benzene ring substituents is 1. The van der Waals surface area contributed by atoms with Gasteiger partial charge in [0.2, 0.25) is 5.13 Å². The van der Waals surface area contributed by atoms with Crippen LogP contribution in [0.15, 0.2) is 24.3 Å². The van der Waals surface area contributed by atoms with Crippen molar-refractivity contribution in [3.8, 4) is 0 Å². The summed E-state index contributed by atoms with van der Waals surface area (Å²) in [5.41, 5.74) is 3.42. The van der Waals surface area contributed by atoms with Crippen LogP contribution < -0.4 is 11.3 Å². The van der Waals surface area contributed by atoms with Gasteiger partial charge in [0.25, 0.3) is 5.69 Å². The lowest BCUT2D eigenvalue weighted by atomic mass is 10.1. The van der Waals surface area contributed by atoms with Crippen LogP contribution in [0.1, 0.15) is 11.4 Å². The topological polar surface area (TPSA) is 107 Å². The maximum Gasteiger partial charge on any atom is 0.269 e. The molecule has 3 N–H and O–H groups in total. The minimum atomic E-state index is -0.402. The quantitative estimate of drug-likeness (QED) is 0.482. The Morgan fingerprint density at radius 2 is 2.28 bits per heavy atom. The van der Waals surface area contributed by atoms with Crippen molar-refractivity contribution in [1.29, 1.82) is 0 Å². The Bertz CT molecular complexity index is 557. The number of anilines is 1. The van der Waals surface area contributed by atoms with Gasteiger partial charge in [-0.05, 0) is 12.0 Å². The highest BCUT2D eigenvalue weighted by atomic mass is 32.1. The second-order valence-corrected chi connectivity index (χ2v) is 4.34. The van der Waals surface area contributed by atoms with Crippen molar-refractivity contribution in [2.45, 2.75) is 12.8 Å². The van der Waals surface area contributed by atoms with E-state index in [4.69, 9.17) is 5.84 Å². The van der Waals surface area contributed by atoms with E-state index in [0.29, 0.717) is 23.8 Å². The first-order valence-electron chi connectivity index (χ1n) is 5.21. The summed E-state index contributed by atoms with van der Waals surface area (Å²) in [6.45, 7) is 0. The minimum absolute atomic E-state index is 0.100. The Morgan fingerprint density at radius 3 is 2.94 bits per heavy atom. The van der Waals surface area contributed by atoms with Gasteiger partial charge in [0.05, 0.1) is 4.92 Å². The molecule has 0 aliphatic rings. The number of nitrogens with one attached hydrogen (secondary N) is 1. The van der Waals surface area contributed by atoms with E-state index >= 15 is 0 Å². The summed E-state index contributed by atoms with van der Waals surface area (Å²) in [7, 11) is 0. The lowest BCUT2D eigenvalue weighted by Crippen LogP contribution is -2.06. The summed E-state index contributed by atoms with van der Waals surface area (Å²) in [4.78, 5) is 14.4. The molecule has 0 aliphatic heterocycles. The number of aryl methyl sites for hydroxylation is 2. The van der Waals surface area contributed by atoms with Crippen LogP contribution in [0.4, 0.5) is 10.8 Å². The Labute approximate surface area is 107 Å². The van der Waals surface area contributed by atoms with Gasteiger partial charge in [-0.3, -0.25) is 15.5 Å². The summed E-state index contributed by atoms with van der Waals surface area (Å²) in [6.07, 6.45) is 1.28. The predicted octanol–water partition coefficient (Wildman–Crippen LogP) is 1.52. The van der Waals surface area contributed by atoms with Crippen molar-refractivity contribution >= 4 is 22.4 Å². The van der Waals surface area contributed by atoms with Crippen LogP contribution in [-0.4, -0.2) is 14.3 Å². The highest BCUT2D eigenvalue weighted by Crippen LogP contribution is 2.15. The zero-order chi connectivity index (χ0) is 13.0. The van der Waals surface area contributed by atoms with E-state index in [1.807, 2.05) is 6.07 Å². The largest absolute Gasteiger partial charge is 0.299 e. The molecule has 1 aromatic heterocycles. The number of hydrogen-bond donors (Lipinski definition) is 2. The number of benzene rings is 1. The zero-order valence-electron chi connectivity index (χ0n) is 9.37. The van der Waals surface area contributed by atoms with Gasteiger partial charge in [-0.1, -0.05) is 12.1 Å². The molecule has 1 aromatic carbocycles. The second-order valence-electron chi connectivity index (χ2n) is 3.59. The highest BCUT2D eigenvalue weighted by molar-refractivity contribution is 7.09. The standard InChI is InChI=1S/C10H11N5O2S/c11-13-10-12-9(14-18-10)5-4-7-2-1-3-8(6-7)15(16)17/h1-3,6H,4-5,11H2,(H,12,13,14). The van der Waals surface area contributed by atoms with Crippen molar-refractivity contribution in [3.63, 3.8) is 0 Å². The average molecular weight is 265 g/mol. The van der Waals surface area contributed by atoms with Gasteiger partial charge < -0.3 is 0 Å². The monoisotopic (exact) mass is 265 g/mol. The molecule has 0 spiro atoms.